The molecular weight excluding hydrogens is 300 g/mol. The first-order chi connectivity index (χ1) is 11.4. The fraction of sp³-hybridized carbons (Fsp3) is 0.810. The lowest BCUT2D eigenvalue weighted by molar-refractivity contribution is -0.157. The Morgan fingerprint density at radius 3 is 2.71 bits per heavy atom. The second-order valence-electron chi connectivity index (χ2n) is 9.14. The van der Waals surface area contributed by atoms with Crippen molar-refractivity contribution in [3.8, 4) is 0 Å². The van der Waals surface area contributed by atoms with E-state index in [2.05, 4.69) is 19.9 Å². The van der Waals surface area contributed by atoms with Crippen molar-refractivity contribution in [3.63, 3.8) is 0 Å². The molecule has 4 aliphatic carbocycles. The third-order valence-electron chi connectivity index (χ3n) is 8.09. The van der Waals surface area contributed by atoms with E-state index in [1.54, 1.807) is 0 Å². The molecule has 0 aliphatic heterocycles. The molecule has 0 unspecified atom stereocenters. The van der Waals surface area contributed by atoms with E-state index in [0.717, 1.165) is 37.7 Å². The number of carbonyl (C=O) groups is 2. The van der Waals surface area contributed by atoms with Gasteiger partial charge in [-0.15, -0.1) is 0 Å². The second-order valence-corrected chi connectivity index (χ2v) is 9.14. The number of allylic oxidation sites excluding steroid dienone is 2. The van der Waals surface area contributed by atoms with Crippen LogP contribution in [0.2, 0.25) is 0 Å². The molecule has 0 spiro atoms. The van der Waals surface area contributed by atoms with Crippen LogP contribution in [0.25, 0.3) is 0 Å². The van der Waals surface area contributed by atoms with Gasteiger partial charge >= 0.3 is 5.97 Å². The zero-order valence-corrected chi connectivity index (χ0v) is 15.3. The lowest BCUT2D eigenvalue weighted by Crippen LogP contribution is -2.51. The van der Waals surface area contributed by atoms with Crippen molar-refractivity contribution in [1.82, 2.24) is 0 Å². The number of carbonyl (C=O) groups excluding carboxylic acids is 2. The highest BCUT2D eigenvalue weighted by Crippen LogP contribution is 2.64. The van der Waals surface area contributed by atoms with Crippen LogP contribution < -0.4 is 0 Å². The van der Waals surface area contributed by atoms with Crippen LogP contribution in [0, 0.1) is 28.6 Å². The van der Waals surface area contributed by atoms with Crippen LogP contribution in [0.4, 0.5) is 0 Å². The van der Waals surface area contributed by atoms with Crippen LogP contribution in [0.3, 0.4) is 0 Å². The largest absolute Gasteiger partial charge is 0.462 e. The number of rotatable bonds is 1. The molecule has 0 aromatic carbocycles. The maximum atomic E-state index is 12.4. The lowest BCUT2D eigenvalue weighted by atomic mass is 9.48. The van der Waals surface area contributed by atoms with Crippen molar-refractivity contribution >= 4 is 11.8 Å². The average molecular weight is 330 g/mol. The number of Topliss-reactive ketones (excluding diaryl/α,β-unsaturated/α-hetero) is 1. The minimum Gasteiger partial charge on any atom is -0.462 e. The molecule has 132 valence electrons. The van der Waals surface area contributed by atoms with E-state index in [1.165, 1.54) is 26.2 Å². The molecule has 0 saturated heterocycles. The molecule has 0 heterocycles. The highest BCUT2D eigenvalue weighted by atomic mass is 16.5. The normalized spacial score (nSPS) is 47.3. The van der Waals surface area contributed by atoms with Crippen LogP contribution in [-0.2, 0) is 14.3 Å². The average Bonchev–Trinajstić information content (AvgIpc) is 2.83. The molecule has 4 aliphatic rings. The molecule has 0 radical (unpaired) electrons. The van der Waals surface area contributed by atoms with Gasteiger partial charge in [0.05, 0.1) is 0 Å². The molecule has 6 atom stereocenters. The summed E-state index contributed by atoms with van der Waals surface area (Å²) < 4.78 is 5.70. The van der Waals surface area contributed by atoms with Gasteiger partial charge in [-0.3, -0.25) is 9.59 Å². The van der Waals surface area contributed by atoms with Crippen molar-refractivity contribution in [3.05, 3.63) is 11.6 Å². The Hall–Kier alpha value is -1.12. The van der Waals surface area contributed by atoms with E-state index in [9.17, 15) is 9.59 Å². The molecular formula is C21H30O3. The Bertz CT molecular complexity index is 606. The fourth-order valence-corrected chi connectivity index (χ4v) is 6.94. The smallest absolute Gasteiger partial charge is 0.302 e. The maximum absolute atomic E-state index is 12.4. The quantitative estimate of drug-likeness (QED) is 0.667. The summed E-state index contributed by atoms with van der Waals surface area (Å²) in [5, 5.41) is 0. The third kappa shape index (κ3) is 2.16. The monoisotopic (exact) mass is 330 g/mol. The Morgan fingerprint density at radius 1 is 1.17 bits per heavy atom. The summed E-state index contributed by atoms with van der Waals surface area (Å²) in [5.74, 6) is 2.19. The number of fused-ring (bicyclic) bond motifs is 5. The van der Waals surface area contributed by atoms with Gasteiger partial charge in [-0.25, -0.2) is 0 Å². The first-order valence-corrected chi connectivity index (χ1v) is 9.77. The van der Waals surface area contributed by atoms with E-state index in [4.69, 9.17) is 4.74 Å². The summed E-state index contributed by atoms with van der Waals surface area (Å²) in [5.41, 5.74) is 1.37. The zero-order valence-electron chi connectivity index (χ0n) is 15.3. The van der Waals surface area contributed by atoms with Crippen molar-refractivity contribution in [1.29, 1.82) is 0 Å². The summed E-state index contributed by atoms with van der Waals surface area (Å²) in [6, 6.07) is 0. The van der Waals surface area contributed by atoms with E-state index in [-0.39, 0.29) is 22.9 Å². The minimum atomic E-state index is -0.139. The Morgan fingerprint density at radius 2 is 1.96 bits per heavy atom. The van der Waals surface area contributed by atoms with Gasteiger partial charge in [0.1, 0.15) is 6.10 Å². The van der Waals surface area contributed by atoms with Gasteiger partial charge in [0, 0.05) is 18.8 Å². The molecule has 3 saturated carbocycles. The van der Waals surface area contributed by atoms with Crippen molar-refractivity contribution < 1.29 is 14.3 Å². The topological polar surface area (TPSA) is 43.4 Å². The maximum Gasteiger partial charge on any atom is 0.302 e. The molecule has 4 rings (SSSR count). The van der Waals surface area contributed by atoms with Gasteiger partial charge in [-0.1, -0.05) is 19.9 Å². The highest BCUT2D eigenvalue weighted by Gasteiger charge is 2.59. The first kappa shape index (κ1) is 16.4. The van der Waals surface area contributed by atoms with E-state index >= 15 is 0 Å². The van der Waals surface area contributed by atoms with Crippen LogP contribution in [0.1, 0.15) is 72.1 Å². The van der Waals surface area contributed by atoms with Crippen molar-refractivity contribution in [2.45, 2.75) is 78.2 Å². The van der Waals surface area contributed by atoms with Crippen LogP contribution in [0.5, 0.6) is 0 Å². The fourth-order valence-electron chi connectivity index (χ4n) is 6.94. The number of esters is 1. The molecule has 3 fully saturated rings. The molecule has 0 aromatic rings. The van der Waals surface area contributed by atoms with E-state index in [0.29, 0.717) is 23.5 Å². The predicted molar refractivity (Wildman–Crippen MR) is 92.3 cm³/mol. The highest BCUT2D eigenvalue weighted by molar-refractivity contribution is 5.97. The number of hydrogen-bond donors (Lipinski definition) is 0. The van der Waals surface area contributed by atoms with Crippen molar-refractivity contribution in [2.24, 2.45) is 28.6 Å². The first-order valence-electron chi connectivity index (χ1n) is 9.77. The SMILES string of the molecule is CC(=O)O[C@H]1CC[C@H]2[C@@H]3CC=C4C(=O)CCC[C@]4(C)[C@H]3CC[C@]12C. The van der Waals surface area contributed by atoms with Gasteiger partial charge in [0.15, 0.2) is 5.78 Å². The zero-order chi connectivity index (χ0) is 17.1. The van der Waals surface area contributed by atoms with Crippen LogP contribution in [0.15, 0.2) is 11.6 Å². The molecule has 0 amide bonds. The molecule has 0 N–H and O–H groups in total. The van der Waals surface area contributed by atoms with Crippen LogP contribution >= 0.6 is 0 Å². The summed E-state index contributed by atoms with van der Waals surface area (Å²) in [4.78, 5) is 24.0. The Kier molecular flexibility index (Phi) is 3.71. The van der Waals surface area contributed by atoms with Gasteiger partial charge in [0.25, 0.3) is 0 Å². The van der Waals surface area contributed by atoms with Gasteiger partial charge in [-0.05, 0) is 73.7 Å². The second kappa shape index (κ2) is 5.44. The number of ketones is 1. The summed E-state index contributed by atoms with van der Waals surface area (Å²) in [7, 11) is 0. The van der Waals surface area contributed by atoms with Crippen LogP contribution in [-0.4, -0.2) is 17.9 Å². The predicted octanol–water partition coefficient (Wildman–Crippen LogP) is 4.45. The van der Waals surface area contributed by atoms with Gasteiger partial charge in [0.2, 0.25) is 0 Å². The molecule has 3 heteroatoms. The summed E-state index contributed by atoms with van der Waals surface area (Å²) in [6.07, 6.45) is 10.9. The molecule has 24 heavy (non-hydrogen) atoms. The summed E-state index contributed by atoms with van der Waals surface area (Å²) >= 11 is 0. The van der Waals surface area contributed by atoms with Gasteiger partial charge in [-0.2, -0.15) is 0 Å². The standard InChI is InChI=1S/C21H30O3/c1-13(22)24-19-9-8-15-14-6-7-17-18(23)5-4-11-20(17,2)16(14)10-12-21(15,19)3/h7,14-16,19H,4-6,8-12H2,1-3H3/t14-,15-,16-,19-,20+,21-/m0/s1. The Labute approximate surface area is 145 Å². The van der Waals surface area contributed by atoms with E-state index in [1.807, 2.05) is 0 Å². The minimum absolute atomic E-state index is 0.0899. The van der Waals surface area contributed by atoms with E-state index < -0.39 is 0 Å². The number of ether oxygens (including phenoxy) is 1. The summed E-state index contributed by atoms with van der Waals surface area (Å²) in [6.45, 7) is 6.24. The Balaban J connectivity index is 1.65. The van der Waals surface area contributed by atoms with Gasteiger partial charge < -0.3 is 4.74 Å². The number of hydrogen-bond acceptors (Lipinski definition) is 3. The molecule has 0 aromatic heterocycles. The third-order valence-corrected chi connectivity index (χ3v) is 8.09. The van der Waals surface area contributed by atoms with Crippen molar-refractivity contribution in [2.75, 3.05) is 0 Å². The lowest BCUT2D eigenvalue weighted by Gasteiger charge is -2.56. The molecule has 3 nitrogen and oxygen atoms in total. The molecule has 0 bridgehead atoms.